The zero-order valence-electron chi connectivity index (χ0n) is 7.57. The summed E-state index contributed by atoms with van der Waals surface area (Å²) in [7, 11) is 0. The molecule has 2 aromatic heterocycles. The van der Waals surface area contributed by atoms with Crippen LogP contribution in [0.15, 0.2) is 43.1 Å². The number of H-pyrrole nitrogens is 1. The smallest absolute Gasteiger partial charge is 0.358 e. The van der Waals surface area contributed by atoms with Crippen LogP contribution in [-0.4, -0.2) is 15.0 Å². The average Bonchev–Trinajstić information content (AvgIpc) is 2.73. The second-order valence-electron chi connectivity index (χ2n) is 2.49. The quantitative estimate of drug-likeness (QED) is 0.733. The zero-order valence-corrected chi connectivity index (χ0v) is 7.57. The third-order valence-corrected chi connectivity index (χ3v) is 1.38. The van der Waals surface area contributed by atoms with Crippen LogP contribution >= 0.6 is 0 Å². The maximum absolute atomic E-state index is 11.6. The van der Waals surface area contributed by atoms with Gasteiger partial charge in [-0.3, -0.25) is 0 Å². The van der Waals surface area contributed by atoms with Gasteiger partial charge in [0.2, 0.25) is 0 Å². The molecule has 0 aliphatic carbocycles. The fourth-order valence-electron chi connectivity index (χ4n) is 0.760. The minimum absolute atomic E-state index is 0.706. The lowest BCUT2D eigenvalue weighted by atomic mass is 10.4. The van der Waals surface area contributed by atoms with Crippen molar-refractivity contribution in [1.82, 2.24) is 15.0 Å². The van der Waals surface area contributed by atoms with E-state index in [9.17, 15) is 13.2 Å². The van der Waals surface area contributed by atoms with Crippen molar-refractivity contribution in [2.45, 2.75) is 6.18 Å². The SMILES string of the molecule is FC(F)(F)c1ccc[nH]1.c1cncnc1. The molecule has 0 aliphatic heterocycles. The van der Waals surface area contributed by atoms with Gasteiger partial charge >= 0.3 is 6.18 Å². The van der Waals surface area contributed by atoms with Gasteiger partial charge in [-0.15, -0.1) is 0 Å². The van der Waals surface area contributed by atoms with Crippen LogP contribution in [0, 0.1) is 0 Å². The van der Waals surface area contributed by atoms with Crippen LogP contribution in [0.3, 0.4) is 0 Å². The molecule has 1 N–H and O–H groups in total. The van der Waals surface area contributed by atoms with Crippen LogP contribution in [0.25, 0.3) is 0 Å². The first kappa shape index (κ1) is 11.2. The first-order chi connectivity index (χ1) is 7.11. The summed E-state index contributed by atoms with van der Waals surface area (Å²) in [4.78, 5) is 9.40. The molecule has 0 bridgehead atoms. The second-order valence-corrected chi connectivity index (χ2v) is 2.49. The highest BCUT2D eigenvalue weighted by atomic mass is 19.4. The van der Waals surface area contributed by atoms with Crippen molar-refractivity contribution in [3.8, 4) is 0 Å². The van der Waals surface area contributed by atoms with Gasteiger partial charge < -0.3 is 4.98 Å². The van der Waals surface area contributed by atoms with Gasteiger partial charge in [-0.2, -0.15) is 13.2 Å². The van der Waals surface area contributed by atoms with Crippen LogP contribution in [0.5, 0.6) is 0 Å². The molecular formula is C9H8F3N3. The fourth-order valence-corrected chi connectivity index (χ4v) is 0.760. The van der Waals surface area contributed by atoms with Gasteiger partial charge in [0, 0.05) is 18.6 Å². The van der Waals surface area contributed by atoms with Crippen molar-refractivity contribution in [1.29, 1.82) is 0 Å². The molecule has 15 heavy (non-hydrogen) atoms. The molecule has 0 spiro atoms. The summed E-state index contributed by atoms with van der Waals surface area (Å²) in [6.45, 7) is 0. The van der Waals surface area contributed by atoms with Crippen LogP contribution in [0.1, 0.15) is 5.69 Å². The number of hydrogen-bond donors (Lipinski definition) is 1. The van der Waals surface area contributed by atoms with Crippen molar-refractivity contribution < 1.29 is 13.2 Å². The Morgan fingerprint density at radius 2 is 1.73 bits per heavy atom. The normalized spacial score (nSPS) is 10.3. The third kappa shape index (κ3) is 4.26. The number of nitrogens with zero attached hydrogens (tertiary/aromatic N) is 2. The van der Waals surface area contributed by atoms with Gasteiger partial charge in [-0.05, 0) is 18.2 Å². The Bertz CT molecular complexity index is 329. The van der Waals surface area contributed by atoms with Gasteiger partial charge in [0.15, 0.2) is 0 Å². The van der Waals surface area contributed by atoms with Crippen molar-refractivity contribution in [3.63, 3.8) is 0 Å². The molecule has 6 heteroatoms. The summed E-state index contributed by atoms with van der Waals surface area (Å²) in [6, 6.07) is 4.07. The predicted molar refractivity (Wildman–Crippen MR) is 47.8 cm³/mol. The Hall–Kier alpha value is -1.85. The summed E-state index contributed by atoms with van der Waals surface area (Å²) in [5.74, 6) is 0. The van der Waals surface area contributed by atoms with Gasteiger partial charge in [0.05, 0.1) is 0 Å². The molecule has 2 heterocycles. The van der Waals surface area contributed by atoms with Crippen LogP contribution in [-0.2, 0) is 6.18 Å². The second kappa shape index (κ2) is 5.14. The topological polar surface area (TPSA) is 41.6 Å². The van der Waals surface area contributed by atoms with Gasteiger partial charge in [0.1, 0.15) is 12.0 Å². The Balaban J connectivity index is 0.000000162. The Morgan fingerprint density at radius 3 is 1.93 bits per heavy atom. The molecule has 0 saturated heterocycles. The molecule has 80 valence electrons. The highest BCUT2D eigenvalue weighted by Gasteiger charge is 2.30. The van der Waals surface area contributed by atoms with Gasteiger partial charge in [-0.1, -0.05) is 0 Å². The van der Waals surface area contributed by atoms with E-state index in [0.717, 1.165) is 6.07 Å². The largest absolute Gasteiger partial charge is 0.431 e. The molecule has 0 aromatic carbocycles. The first-order valence-electron chi connectivity index (χ1n) is 4.01. The molecule has 0 aliphatic rings. The van der Waals surface area contributed by atoms with Gasteiger partial charge in [0.25, 0.3) is 0 Å². The minimum atomic E-state index is -4.23. The molecule has 0 saturated carbocycles. The van der Waals surface area contributed by atoms with Crippen LogP contribution in [0.4, 0.5) is 13.2 Å². The zero-order chi connectivity index (χ0) is 11.1. The van der Waals surface area contributed by atoms with Gasteiger partial charge in [-0.25, -0.2) is 9.97 Å². The van der Waals surface area contributed by atoms with E-state index in [0.29, 0.717) is 0 Å². The van der Waals surface area contributed by atoms with E-state index < -0.39 is 11.9 Å². The molecule has 0 radical (unpaired) electrons. The molecule has 0 atom stereocenters. The lowest BCUT2D eigenvalue weighted by Crippen LogP contribution is -2.04. The monoisotopic (exact) mass is 215 g/mol. The molecule has 0 unspecified atom stereocenters. The maximum Gasteiger partial charge on any atom is 0.431 e. The van der Waals surface area contributed by atoms with Crippen LogP contribution < -0.4 is 0 Å². The summed E-state index contributed by atoms with van der Waals surface area (Å²) < 4.78 is 34.8. The standard InChI is InChI=1S/C5H4F3N.C4H4N2/c6-5(7,8)4-2-1-3-9-4;1-2-5-4-6-3-1/h1-3,9H;1-4H. The Labute approximate surface area is 84.0 Å². The van der Waals surface area contributed by atoms with E-state index in [1.165, 1.54) is 18.6 Å². The number of hydrogen-bond acceptors (Lipinski definition) is 2. The summed E-state index contributed by atoms with van der Waals surface area (Å²) >= 11 is 0. The van der Waals surface area contributed by atoms with E-state index in [4.69, 9.17) is 0 Å². The van der Waals surface area contributed by atoms with Crippen LogP contribution in [0.2, 0.25) is 0 Å². The number of rotatable bonds is 0. The molecule has 2 rings (SSSR count). The van der Waals surface area contributed by atoms with Crippen molar-refractivity contribution in [2.75, 3.05) is 0 Å². The lowest BCUT2D eigenvalue weighted by Gasteiger charge is -2.00. The van der Waals surface area contributed by atoms with E-state index in [2.05, 4.69) is 15.0 Å². The van der Waals surface area contributed by atoms with Crippen molar-refractivity contribution >= 4 is 0 Å². The summed E-state index contributed by atoms with van der Waals surface area (Å²) in [5.41, 5.74) is -0.706. The molecule has 0 fully saturated rings. The predicted octanol–water partition coefficient (Wildman–Crippen LogP) is 2.51. The number of nitrogens with one attached hydrogen (secondary N) is 1. The molecule has 2 aromatic rings. The summed E-state index contributed by atoms with van der Waals surface area (Å²) in [5, 5.41) is 0. The minimum Gasteiger partial charge on any atom is -0.358 e. The first-order valence-corrected chi connectivity index (χ1v) is 4.01. The number of aromatic nitrogens is 3. The third-order valence-electron chi connectivity index (χ3n) is 1.38. The lowest BCUT2D eigenvalue weighted by molar-refractivity contribution is -0.140. The summed E-state index contributed by atoms with van der Waals surface area (Å²) in [6.07, 6.45) is 1.88. The molecular weight excluding hydrogens is 207 g/mol. The van der Waals surface area contributed by atoms with E-state index >= 15 is 0 Å². The fraction of sp³-hybridized carbons (Fsp3) is 0.111. The number of aromatic amines is 1. The number of halogens is 3. The van der Waals surface area contributed by atoms with E-state index in [-0.39, 0.29) is 0 Å². The average molecular weight is 215 g/mol. The highest BCUT2D eigenvalue weighted by molar-refractivity contribution is 5.06. The maximum atomic E-state index is 11.6. The number of alkyl halides is 3. The Kier molecular flexibility index (Phi) is 3.84. The van der Waals surface area contributed by atoms with Crippen molar-refractivity contribution in [2.24, 2.45) is 0 Å². The van der Waals surface area contributed by atoms with E-state index in [1.54, 1.807) is 18.5 Å². The Morgan fingerprint density at radius 1 is 1.07 bits per heavy atom. The molecule has 3 nitrogen and oxygen atoms in total. The molecule has 0 amide bonds. The van der Waals surface area contributed by atoms with E-state index in [1.807, 2.05) is 0 Å². The highest BCUT2D eigenvalue weighted by Crippen LogP contribution is 2.26. The van der Waals surface area contributed by atoms with Crippen molar-refractivity contribution in [3.05, 3.63) is 48.8 Å².